The second-order valence-electron chi connectivity index (χ2n) is 8.79. The van der Waals surface area contributed by atoms with Crippen LogP contribution >= 0.6 is 0 Å². The number of para-hydroxylation sites is 2. The molecule has 0 saturated carbocycles. The van der Waals surface area contributed by atoms with E-state index in [9.17, 15) is 0 Å². The Morgan fingerprint density at radius 3 is 2.21 bits per heavy atom. The van der Waals surface area contributed by atoms with Crippen LogP contribution in [0, 0.1) is 31.1 Å². The summed E-state index contributed by atoms with van der Waals surface area (Å²) in [5.41, 5.74) is 12.1. The van der Waals surface area contributed by atoms with Gasteiger partial charge in [0.25, 0.3) is 0 Å². The van der Waals surface area contributed by atoms with E-state index in [0.717, 1.165) is 29.7 Å². The number of nitrogens with zero attached hydrogens (tertiary/aromatic N) is 1. The van der Waals surface area contributed by atoms with E-state index in [2.05, 4.69) is 102 Å². The van der Waals surface area contributed by atoms with Gasteiger partial charge in [-0.25, -0.2) is 0 Å². The Kier molecular flexibility index (Phi) is 4.39. The highest BCUT2D eigenvalue weighted by atomic mass is 15.0. The lowest BCUT2D eigenvalue weighted by atomic mass is 9.92. The molecule has 0 bridgehead atoms. The Labute approximate surface area is 194 Å². The van der Waals surface area contributed by atoms with Crippen LogP contribution in [0.1, 0.15) is 40.3 Å². The summed E-state index contributed by atoms with van der Waals surface area (Å²) < 4.78 is 2.43. The molecule has 1 nitrogen and oxygen atoms in total. The van der Waals surface area contributed by atoms with Crippen molar-refractivity contribution >= 4 is 21.8 Å². The zero-order chi connectivity index (χ0) is 22.5. The predicted molar refractivity (Wildman–Crippen MR) is 138 cm³/mol. The van der Waals surface area contributed by atoms with E-state index < -0.39 is 0 Å². The third kappa shape index (κ3) is 2.91. The molecule has 33 heavy (non-hydrogen) atoms. The van der Waals surface area contributed by atoms with E-state index in [0.29, 0.717) is 0 Å². The van der Waals surface area contributed by atoms with Gasteiger partial charge in [0.15, 0.2) is 0 Å². The number of hydrogen-bond acceptors (Lipinski definition) is 0. The fourth-order valence-corrected chi connectivity index (χ4v) is 5.47. The number of terminal acetylenes is 1. The largest absolute Gasteiger partial charge is 0.336 e. The van der Waals surface area contributed by atoms with Crippen LogP contribution in [0.3, 0.4) is 0 Å². The van der Waals surface area contributed by atoms with Crippen LogP contribution in [-0.2, 0) is 13.0 Å². The van der Waals surface area contributed by atoms with Gasteiger partial charge in [0.05, 0.1) is 0 Å². The van der Waals surface area contributed by atoms with Crippen LogP contribution in [0.2, 0.25) is 0 Å². The lowest BCUT2D eigenvalue weighted by Crippen LogP contribution is -2.00. The second-order valence-corrected chi connectivity index (χ2v) is 8.79. The number of rotatable bonds is 2. The summed E-state index contributed by atoms with van der Waals surface area (Å²) in [6.07, 6.45) is 6.79. The predicted octanol–water partition coefficient (Wildman–Crippen LogP) is 7.08. The minimum Gasteiger partial charge on any atom is -0.336 e. The van der Waals surface area contributed by atoms with Crippen LogP contribution < -0.4 is 0 Å². The molecule has 1 aliphatic rings. The highest BCUT2D eigenvalue weighted by Crippen LogP contribution is 2.41. The molecule has 156 valence electrons. The molecule has 0 fully saturated rings. The molecule has 1 heterocycles. The van der Waals surface area contributed by atoms with Crippen LogP contribution in [-0.4, -0.2) is 4.57 Å². The van der Waals surface area contributed by atoms with E-state index >= 15 is 0 Å². The van der Waals surface area contributed by atoms with Crippen LogP contribution in [0.4, 0.5) is 0 Å². The average molecular weight is 422 g/mol. The lowest BCUT2D eigenvalue weighted by molar-refractivity contribution is 0.867. The minimum absolute atomic E-state index is 0.841. The SMILES string of the molecule is C#Cc1c(C)cc2c(c1C#CC)-c1ccc(Cn3c4ccccc4c4ccccc43)cc1C2. The number of aryl methyl sites for hydroxylation is 1. The maximum absolute atomic E-state index is 5.87. The van der Waals surface area contributed by atoms with Gasteiger partial charge in [0.1, 0.15) is 0 Å². The van der Waals surface area contributed by atoms with Gasteiger partial charge < -0.3 is 4.57 Å². The van der Waals surface area contributed by atoms with Crippen LogP contribution in [0.5, 0.6) is 0 Å². The second kappa shape index (κ2) is 7.44. The molecule has 0 unspecified atom stereocenters. The van der Waals surface area contributed by atoms with Gasteiger partial charge in [0, 0.05) is 45.0 Å². The Hall–Kier alpha value is -4.20. The van der Waals surface area contributed by atoms with E-state index in [1.165, 1.54) is 49.6 Å². The number of aromatic nitrogens is 1. The van der Waals surface area contributed by atoms with Gasteiger partial charge in [-0.05, 0) is 60.2 Å². The molecule has 4 aromatic carbocycles. The van der Waals surface area contributed by atoms with Crippen molar-refractivity contribution in [3.8, 4) is 35.3 Å². The highest BCUT2D eigenvalue weighted by molar-refractivity contribution is 6.08. The Bertz CT molecular complexity index is 1640. The summed E-state index contributed by atoms with van der Waals surface area (Å²) in [5, 5.41) is 2.61. The molecule has 1 heteroatoms. The van der Waals surface area contributed by atoms with Gasteiger partial charge in [-0.1, -0.05) is 72.5 Å². The zero-order valence-electron chi connectivity index (χ0n) is 18.9. The summed E-state index contributed by atoms with van der Waals surface area (Å²) >= 11 is 0. The van der Waals surface area contributed by atoms with E-state index in [1.807, 2.05) is 6.92 Å². The number of fused-ring (bicyclic) bond motifs is 6. The molecule has 0 aliphatic heterocycles. The normalized spacial score (nSPS) is 11.7. The fraction of sp³-hybridized carbons (Fsp3) is 0.125. The van der Waals surface area contributed by atoms with Gasteiger partial charge in [-0.15, -0.1) is 12.3 Å². The van der Waals surface area contributed by atoms with Gasteiger partial charge in [-0.2, -0.15) is 0 Å². The maximum Gasteiger partial charge on any atom is 0.0494 e. The topological polar surface area (TPSA) is 4.93 Å². The molecule has 0 spiro atoms. The zero-order valence-corrected chi connectivity index (χ0v) is 18.9. The summed E-state index contributed by atoms with van der Waals surface area (Å²) in [6.45, 7) is 4.81. The average Bonchev–Trinajstić information content (AvgIpc) is 3.35. The first-order valence-corrected chi connectivity index (χ1v) is 11.3. The third-order valence-corrected chi connectivity index (χ3v) is 6.84. The van der Waals surface area contributed by atoms with Crippen LogP contribution in [0.25, 0.3) is 32.9 Å². The van der Waals surface area contributed by atoms with Crippen molar-refractivity contribution in [1.82, 2.24) is 4.57 Å². The molecule has 6 rings (SSSR count). The Morgan fingerprint density at radius 1 is 0.848 bits per heavy atom. The molecule has 0 saturated heterocycles. The first-order chi connectivity index (χ1) is 16.2. The first-order valence-electron chi connectivity index (χ1n) is 11.3. The first kappa shape index (κ1) is 19.5. The summed E-state index contributed by atoms with van der Waals surface area (Å²) in [5.74, 6) is 9.25. The van der Waals surface area contributed by atoms with Gasteiger partial charge in [0.2, 0.25) is 0 Å². The Balaban J connectivity index is 1.48. The van der Waals surface area contributed by atoms with Crippen molar-refractivity contribution in [1.29, 1.82) is 0 Å². The van der Waals surface area contributed by atoms with E-state index in [1.54, 1.807) is 0 Å². The van der Waals surface area contributed by atoms with Gasteiger partial charge >= 0.3 is 0 Å². The molecule has 1 aliphatic carbocycles. The fourth-order valence-electron chi connectivity index (χ4n) is 5.47. The minimum atomic E-state index is 0.841. The smallest absolute Gasteiger partial charge is 0.0494 e. The lowest BCUT2D eigenvalue weighted by Gasteiger charge is -2.12. The molecule has 0 radical (unpaired) electrons. The molecule has 0 N–H and O–H groups in total. The van der Waals surface area contributed by atoms with Crippen LogP contribution in [0.15, 0.2) is 72.8 Å². The van der Waals surface area contributed by atoms with Crippen molar-refractivity contribution in [2.75, 3.05) is 0 Å². The Morgan fingerprint density at radius 2 is 1.55 bits per heavy atom. The van der Waals surface area contributed by atoms with Crippen molar-refractivity contribution in [2.45, 2.75) is 26.8 Å². The highest BCUT2D eigenvalue weighted by Gasteiger charge is 2.24. The van der Waals surface area contributed by atoms with Crippen molar-refractivity contribution in [3.63, 3.8) is 0 Å². The van der Waals surface area contributed by atoms with Gasteiger partial charge in [-0.3, -0.25) is 0 Å². The van der Waals surface area contributed by atoms with E-state index in [4.69, 9.17) is 6.42 Å². The molecular weight excluding hydrogens is 398 g/mol. The van der Waals surface area contributed by atoms with E-state index in [-0.39, 0.29) is 0 Å². The number of benzene rings is 4. The third-order valence-electron chi connectivity index (χ3n) is 6.84. The number of hydrogen-bond donors (Lipinski definition) is 0. The molecular formula is C32H23N. The quantitative estimate of drug-likeness (QED) is 0.263. The molecule has 1 aromatic heterocycles. The summed E-state index contributed by atoms with van der Waals surface area (Å²) in [6, 6.07) is 26.5. The molecule has 5 aromatic rings. The molecule has 0 atom stereocenters. The van der Waals surface area contributed by atoms with Crippen molar-refractivity contribution < 1.29 is 0 Å². The van der Waals surface area contributed by atoms with Crippen molar-refractivity contribution in [3.05, 3.63) is 106 Å². The monoisotopic (exact) mass is 421 g/mol. The maximum atomic E-state index is 5.87. The molecule has 0 amide bonds. The summed E-state index contributed by atoms with van der Waals surface area (Å²) in [7, 11) is 0. The summed E-state index contributed by atoms with van der Waals surface area (Å²) in [4.78, 5) is 0. The van der Waals surface area contributed by atoms with Crippen molar-refractivity contribution in [2.24, 2.45) is 0 Å². The standard InChI is InChI=1S/C32H23N/c1-4-10-29-25(5-2)21(3)17-24-19-23-18-22(15-16-26(23)32(24)29)20-33-30-13-8-6-11-27(30)28-12-7-9-14-31(28)33/h2,6-9,11-18H,19-20H2,1,3H3.